The lowest BCUT2D eigenvalue weighted by molar-refractivity contribution is 0.442. The minimum absolute atomic E-state index is 0.0580. The van der Waals surface area contributed by atoms with E-state index in [4.69, 9.17) is 9.97 Å². The molecule has 1 unspecified atom stereocenters. The molecular weight excluding hydrogens is 445 g/mol. The van der Waals surface area contributed by atoms with Crippen LogP contribution in [0.2, 0.25) is 0 Å². The second kappa shape index (κ2) is 10.9. The molecule has 1 saturated carbocycles. The summed E-state index contributed by atoms with van der Waals surface area (Å²) >= 11 is 0. The Labute approximate surface area is 216 Å². The zero-order valence-electron chi connectivity index (χ0n) is 22.5. The van der Waals surface area contributed by atoms with Crippen LogP contribution in [-0.2, 0) is 12.8 Å². The molecule has 1 fully saturated rings. The van der Waals surface area contributed by atoms with Crippen LogP contribution in [0.4, 0.5) is 10.2 Å². The van der Waals surface area contributed by atoms with Crippen molar-refractivity contribution in [3.63, 3.8) is 0 Å². The summed E-state index contributed by atoms with van der Waals surface area (Å²) in [5, 5.41) is 3.45. The van der Waals surface area contributed by atoms with E-state index >= 15 is 0 Å². The quantitative estimate of drug-likeness (QED) is 0.294. The number of hydrogen-bond donors (Lipinski definition) is 1. The molecule has 3 nitrogen and oxygen atoms in total. The van der Waals surface area contributed by atoms with Gasteiger partial charge in [-0.3, -0.25) is 4.98 Å². The van der Waals surface area contributed by atoms with E-state index in [-0.39, 0.29) is 11.2 Å². The maximum atomic E-state index is 14.7. The predicted molar refractivity (Wildman–Crippen MR) is 149 cm³/mol. The molecule has 4 rings (SSSR count). The Kier molecular flexibility index (Phi) is 7.92. The van der Waals surface area contributed by atoms with Gasteiger partial charge in [-0.2, -0.15) is 0 Å². The van der Waals surface area contributed by atoms with Crippen LogP contribution in [0.5, 0.6) is 0 Å². The Hall–Kier alpha value is -3.01. The molecule has 0 amide bonds. The maximum Gasteiger partial charge on any atom is 0.153 e. The molecule has 0 spiro atoms. The van der Waals surface area contributed by atoms with E-state index in [1.807, 2.05) is 13.0 Å². The van der Waals surface area contributed by atoms with Crippen molar-refractivity contribution in [1.82, 2.24) is 9.97 Å². The summed E-state index contributed by atoms with van der Waals surface area (Å²) < 4.78 is 14.7. The summed E-state index contributed by atoms with van der Waals surface area (Å²) in [5.74, 6) is 1.75. The molecule has 1 aliphatic rings. The number of nitrogens with one attached hydrogen (secondary N) is 1. The van der Waals surface area contributed by atoms with Gasteiger partial charge in [-0.1, -0.05) is 62.2 Å². The average molecular weight is 486 g/mol. The average Bonchev–Trinajstić information content (AvgIpc) is 3.66. The molecule has 2 aromatic carbocycles. The highest BCUT2D eigenvalue weighted by Gasteiger charge is 2.32. The van der Waals surface area contributed by atoms with Crippen molar-refractivity contribution < 1.29 is 4.39 Å². The predicted octanol–water partition coefficient (Wildman–Crippen LogP) is 8.29. The van der Waals surface area contributed by atoms with E-state index in [1.54, 1.807) is 12.3 Å². The third-order valence-electron chi connectivity index (χ3n) is 6.79. The van der Waals surface area contributed by atoms with Gasteiger partial charge >= 0.3 is 0 Å². The topological polar surface area (TPSA) is 37.8 Å². The van der Waals surface area contributed by atoms with E-state index in [9.17, 15) is 4.39 Å². The van der Waals surface area contributed by atoms with Crippen molar-refractivity contribution in [2.24, 2.45) is 11.3 Å². The molecule has 4 heteroatoms. The zero-order valence-corrected chi connectivity index (χ0v) is 22.5. The minimum Gasteiger partial charge on any atom is -0.368 e. The fourth-order valence-electron chi connectivity index (χ4n) is 4.72. The van der Waals surface area contributed by atoms with Gasteiger partial charge in [-0.15, -0.1) is 6.58 Å². The second-order valence-corrected chi connectivity index (χ2v) is 11.8. The van der Waals surface area contributed by atoms with Crippen molar-refractivity contribution >= 4 is 5.82 Å². The first-order valence-corrected chi connectivity index (χ1v) is 13.2. The first-order chi connectivity index (χ1) is 17.1. The molecule has 1 aromatic heterocycles. The fourth-order valence-corrected chi connectivity index (χ4v) is 4.72. The Morgan fingerprint density at radius 3 is 2.61 bits per heavy atom. The highest BCUT2D eigenvalue weighted by atomic mass is 19.1. The number of rotatable bonds is 10. The first kappa shape index (κ1) is 26.1. The van der Waals surface area contributed by atoms with Crippen LogP contribution in [0.3, 0.4) is 0 Å². The fraction of sp³-hybridized carbons (Fsp3) is 0.438. The van der Waals surface area contributed by atoms with Crippen LogP contribution in [0.1, 0.15) is 75.3 Å². The molecule has 1 atom stereocenters. The molecule has 1 N–H and O–H groups in total. The number of benzene rings is 2. The van der Waals surface area contributed by atoms with Gasteiger partial charge in [-0.05, 0) is 86.5 Å². The molecule has 0 aliphatic heterocycles. The molecule has 0 saturated heterocycles. The summed E-state index contributed by atoms with van der Waals surface area (Å²) in [7, 11) is 0. The van der Waals surface area contributed by atoms with E-state index in [2.05, 4.69) is 63.9 Å². The lowest BCUT2D eigenvalue weighted by atomic mass is 9.87. The number of aryl methyl sites for hydroxylation is 3. The summed E-state index contributed by atoms with van der Waals surface area (Å²) in [4.78, 5) is 9.62. The van der Waals surface area contributed by atoms with Crippen LogP contribution >= 0.6 is 0 Å². The summed E-state index contributed by atoms with van der Waals surface area (Å²) in [6, 6.07) is 14.2. The summed E-state index contributed by atoms with van der Waals surface area (Å²) in [6.07, 6.45) is 7.21. The van der Waals surface area contributed by atoms with Crippen LogP contribution in [0, 0.1) is 24.1 Å². The number of allylic oxidation sites excluding steroid dienone is 1. The Balaban J connectivity index is 1.55. The highest BCUT2D eigenvalue weighted by Crippen LogP contribution is 2.45. The highest BCUT2D eigenvalue weighted by molar-refractivity contribution is 5.72. The number of aromatic nitrogens is 2. The van der Waals surface area contributed by atoms with Gasteiger partial charge in [0, 0.05) is 18.3 Å². The maximum absolute atomic E-state index is 14.7. The lowest BCUT2D eigenvalue weighted by Gasteiger charge is -2.21. The van der Waals surface area contributed by atoms with Crippen LogP contribution in [0.15, 0.2) is 60.8 Å². The molecular formula is C32H40FN3. The Morgan fingerprint density at radius 1 is 1.14 bits per heavy atom. The van der Waals surface area contributed by atoms with Gasteiger partial charge < -0.3 is 5.32 Å². The van der Waals surface area contributed by atoms with Gasteiger partial charge in [0.15, 0.2) is 5.82 Å². The summed E-state index contributed by atoms with van der Waals surface area (Å²) in [5.41, 5.74) is 7.03. The molecule has 0 radical (unpaired) electrons. The van der Waals surface area contributed by atoms with Crippen LogP contribution in [-0.4, -0.2) is 16.5 Å². The molecule has 0 bridgehead atoms. The third-order valence-corrected chi connectivity index (χ3v) is 6.79. The first-order valence-electron chi connectivity index (χ1n) is 13.2. The van der Waals surface area contributed by atoms with E-state index < -0.39 is 0 Å². The van der Waals surface area contributed by atoms with Crippen LogP contribution in [0.25, 0.3) is 11.3 Å². The van der Waals surface area contributed by atoms with E-state index in [0.717, 1.165) is 43.0 Å². The monoisotopic (exact) mass is 485 g/mol. The third kappa shape index (κ3) is 7.02. The number of nitrogens with zero attached hydrogens (tertiary/aromatic N) is 2. The van der Waals surface area contributed by atoms with Crippen molar-refractivity contribution in [3.05, 3.63) is 89.0 Å². The van der Waals surface area contributed by atoms with Crippen molar-refractivity contribution in [1.29, 1.82) is 0 Å². The number of halogens is 1. The van der Waals surface area contributed by atoms with Gasteiger partial charge in [0.25, 0.3) is 0 Å². The van der Waals surface area contributed by atoms with Crippen molar-refractivity contribution in [3.8, 4) is 11.3 Å². The standard InChI is InChI=1S/C32H40FN3/c1-21(2)16-27(24-12-13-24)25-9-7-8-23(18-25)11-14-26-19-34-30(28-17-22(3)10-15-29(28)33)31(36-26)35-20-32(4,5)6/h7-10,15,17-19,24,27H,1,11-14,16,20H2,2-6H3,(H,35,36). The van der Waals surface area contributed by atoms with Crippen molar-refractivity contribution in [2.45, 2.75) is 72.6 Å². The molecule has 3 aromatic rings. The van der Waals surface area contributed by atoms with Gasteiger partial charge in [0.1, 0.15) is 11.5 Å². The second-order valence-electron chi connectivity index (χ2n) is 11.8. The zero-order chi connectivity index (χ0) is 25.9. The minimum atomic E-state index is -0.279. The van der Waals surface area contributed by atoms with Crippen LogP contribution < -0.4 is 5.32 Å². The molecule has 36 heavy (non-hydrogen) atoms. The molecule has 190 valence electrons. The van der Waals surface area contributed by atoms with Gasteiger partial charge in [0.05, 0.1) is 5.69 Å². The molecule has 1 aliphatic carbocycles. The largest absolute Gasteiger partial charge is 0.368 e. The normalized spacial score (nSPS) is 14.5. The number of anilines is 1. The van der Waals surface area contributed by atoms with E-state index in [0.29, 0.717) is 23.0 Å². The number of hydrogen-bond acceptors (Lipinski definition) is 3. The SMILES string of the molecule is C=C(C)CC(c1cccc(CCc2cnc(-c3cc(C)ccc3F)c(NCC(C)(C)C)n2)c1)C1CC1. The van der Waals surface area contributed by atoms with E-state index in [1.165, 1.54) is 35.6 Å². The Morgan fingerprint density at radius 2 is 1.92 bits per heavy atom. The Bertz CT molecular complexity index is 1220. The lowest BCUT2D eigenvalue weighted by Crippen LogP contribution is -2.20. The van der Waals surface area contributed by atoms with Gasteiger partial charge in [-0.25, -0.2) is 9.37 Å². The van der Waals surface area contributed by atoms with Gasteiger partial charge in [0.2, 0.25) is 0 Å². The summed E-state index contributed by atoms with van der Waals surface area (Å²) in [6.45, 7) is 15.5. The van der Waals surface area contributed by atoms with Crippen molar-refractivity contribution in [2.75, 3.05) is 11.9 Å². The smallest absolute Gasteiger partial charge is 0.153 e. The molecule has 1 heterocycles.